The van der Waals surface area contributed by atoms with Gasteiger partial charge in [0.15, 0.2) is 0 Å². The first-order valence-corrected chi connectivity index (χ1v) is 6.03. The van der Waals surface area contributed by atoms with Crippen LogP contribution in [-0.2, 0) is 6.42 Å². The van der Waals surface area contributed by atoms with Gasteiger partial charge in [0.05, 0.1) is 12.3 Å². The zero-order valence-corrected chi connectivity index (χ0v) is 10.5. The van der Waals surface area contributed by atoms with E-state index >= 15 is 0 Å². The van der Waals surface area contributed by atoms with Crippen LogP contribution in [0.2, 0.25) is 0 Å². The van der Waals surface area contributed by atoms with Gasteiger partial charge in [-0.25, -0.2) is 4.39 Å². The molecule has 0 radical (unpaired) electrons. The minimum Gasteiger partial charge on any atom is -0.388 e. The molecule has 0 saturated carbocycles. The number of aliphatic hydroxyl groups excluding tert-OH is 1. The lowest BCUT2D eigenvalue weighted by Crippen LogP contribution is -2.03. The maximum atomic E-state index is 13.5. The number of hydrogen-bond acceptors (Lipinski definition) is 2. The lowest BCUT2D eigenvalue weighted by Gasteiger charge is -2.09. The predicted molar refractivity (Wildman–Crippen MR) is 67.7 cm³/mol. The lowest BCUT2D eigenvalue weighted by atomic mass is 10.0. The van der Waals surface area contributed by atoms with Crippen molar-refractivity contribution < 1.29 is 9.50 Å². The normalized spacial score (nSPS) is 12.9. The minimum atomic E-state index is -0.727. The van der Waals surface area contributed by atoms with Crippen LogP contribution in [0.15, 0.2) is 36.7 Å². The Morgan fingerprint density at radius 1 is 1.33 bits per heavy atom. The summed E-state index contributed by atoms with van der Waals surface area (Å²) in [7, 11) is 0. The molecule has 0 spiro atoms. The van der Waals surface area contributed by atoms with Gasteiger partial charge in [0.1, 0.15) is 5.82 Å². The fourth-order valence-corrected chi connectivity index (χ4v) is 1.80. The van der Waals surface area contributed by atoms with Gasteiger partial charge in [-0.05, 0) is 25.5 Å². The molecule has 4 heteroatoms. The number of aliphatic hydroxyl groups is 1. The second-order valence-electron chi connectivity index (χ2n) is 4.66. The van der Waals surface area contributed by atoms with E-state index in [0.29, 0.717) is 11.1 Å². The monoisotopic (exact) mass is 248 g/mol. The average molecular weight is 248 g/mol. The lowest BCUT2D eigenvalue weighted by molar-refractivity contribution is 0.177. The van der Waals surface area contributed by atoms with Gasteiger partial charge in [-0.1, -0.05) is 18.2 Å². The third-order valence-corrected chi connectivity index (χ3v) is 2.91. The molecule has 1 aromatic heterocycles. The summed E-state index contributed by atoms with van der Waals surface area (Å²) in [4.78, 5) is 0. The van der Waals surface area contributed by atoms with Crippen LogP contribution in [0.5, 0.6) is 0 Å². The molecule has 1 atom stereocenters. The highest BCUT2D eigenvalue weighted by Gasteiger charge is 2.13. The van der Waals surface area contributed by atoms with Crippen LogP contribution in [0.25, 0.3) is 0 Å². The summed E-state index contributed by atoms with van der Waals surface area (Å²) in [6, 6.07) is 6.75. The molecule has 18 heavy (non-hydrogen) atoms. The van der Waals surface area contributed by atoms with Crippen LogP contribution in [0.3, 0.4) is 0 Å². The standard InChI is InChI=1S/C14H17FN2O/c1-10(2)17-9-12(8-16-17)14(18)7-11-5-3-4-6-13(11)15/h3-6,8-10,14,18H,7H2,1-2H3. The van der Waals surface area contributed by atoms with E-state index in [2.05, 4.69) is 5.10 Å². The molecule has 3 nitrogen and oxygen atoms in total. The summed E-state index contributed by atoms with van der Waals surface area (Å²) in [5, 5.41) is 14.2. The molecular formula is C14H17FN2O. The van der Waals surface area contributed by atoms with Crippen LogP contribution in [0.4, 0.5) is 4.39 Å². The molecular weight excluding hydrogens is 231 g/mol. The summed E-state index contributed by atoms with van der Waals surface area (Å²) in [6.07, 6.45) is 2.97. The summed E-state index contributed by atoms with van der Waals surface area (Å²) < 4.78 is 15.2. The van der Waals surface area contributed by atoms with E-state index in [1.165, 1.54) is 6.07 Å². The van der Waals surface area contributed by atoms with E-state index in [1.807, 2.05) is 13.8 Å². The number of nitrogens with zero attached hydrogens (tertiary/aromatic N) is 2. The Balaban J connectivity index is 2.12. The van der Waals surface area contributed by atoms with Gasteiger partial charge in [-0.15, -0.1) is 0 Å². The van der Waals surface area contributed by atoms with Gasteiger partial charge in [0, 0.05) is 24.2 Å². The van der Waals surface area contributed by atoms with Crippen LogP contribution >= 0.6 is 0 Å². The minimum absolute atomic E-state index is 0.249. The predicted octanol–water partition coefficient (Wildman–Crippen LogP) is 2.88. The molecule has 0 aliphatic heterocycles. The highest BCUT2D eigenvalue weighted by atomic mass is 19.1. The Labute approximate surface area is 106 Å². The van der Waals surface area contributed by atoms with Crippen LogP contribution in [0.1, 0.15) is 37.1 Å². The van der Waals surface area contributed by atoms with E-state index in [1.54, 1.807) is 35.3 Å². The van der Waals surface area contributed by atoms with E-state index in [-0.39, 0.29) is 18.3 Å². The third kappa shape index (κ3) is 2.76. The highest BCUT2D eigenvalue weighted by molar-refractivity contribution is 5.20. The number of aromatic nitrogens is 2. The summed E-state index contributed by atoms with van der Waals surface area (Å²) in [5.74, 6) is -0.284. The number of benzene rings is 1. The first-order valence-electron chi connectivity index (χ1n) is 6.03. The van der Waals surface area contributed by atoms with Crippen molar-refractivity contribution in [2.75, 3.05) is 0 Å². The Morgan fingerprint density at radius 2 is 2.06 bits per heavy atom. The number of rotatable bonds is 4. The Hall–Kier alpha value is -1.68. The zero-order valence-electron chi connectivity index (χ0n) is 10.5. The average Bonchev–Trinajstić information content (AvgIpc) is 2.81. The van der Waals surface area contributed by atoms with Crippen molar-refractivity contribution in [3.63, 3.8) is 0 Å². The van der Waals surface area contributed by atoms with Gasteiger partial charge < -0.3 is 5.11 Å². The first kappa shape index (κ1) is 12.8. The van der Waals surface area contributed by atoms with E-state index < -0.39 is 6.10 Å². The molecule has 0 amide bonds. The molecule has 0 bridgehead atoms. The third-order valence-electron chi connectivity index (χ3n) is 2.91. The van der Waals surface area contributed by atoms with E-state index in [0.717, 1.165) is 0 Å². The van der Waals surface area contributed by atoms with Gasteiger partial charge >= 0.3 is 0 Å². The van der Waals surface area contributed by atoms with Crippen molar-refractivity contribution in [2.45, 2.75) is 32.4 Å². The summed E-state index contributed by atoms with van der Waals surface area (Å²) in [6.45, 7) is 4.03. The van der Waals surface area contributed by atoms with Gasteiger partial charge in [0.25, 0.3) is 0 Å². The van der Waals surface area contributed by atoms with Gasteiger partial charge in [-0.2, -0.15) is 5.10 Å². The molecule has 0 fully saturated rings. The molecule has 1 unspecified atom stereocenters. The Kier molecular flexibility index (Phi) is 3.77. The van der Waals surface area contributed by atoms with Crippen LogP contribution in [0, 0.1) is 5.82 Å². The van der Waals surface area contributed by atoms with Crippen molar-refractivity contribution in [1.82, 2.24) is 9.78 Å². The van der Waals surface area contributed by atoms with Crippen LogP contribution < -0.4 is 0 Å². The summed E-state index contributed by atoms with van der Waals surface area (Å²) >= 11 is 0. The van der Waals surface area contributed by atoms with E-state index in [4.69, 9.17) is 0 Å². The SMILES string of the molecule is CC(C)n1cc(C(O)Cc2ccccc2F)cn1. The first-order chi connectivity index (χ1) is 8.58. The maximum absolute atomic E-state index is 13.5. The number of hydrogen-bond donors (Lipinski definition) is 1. The molecule has 0 aliphatic rings. The van der Waals surface area contributed by atoms with Crippen molar-refractivity contribution in [3.8, 4) is 0 Å². The quantitative estimate of drug-likeness (QED) is 0.903. The fraction of sp³-hybridized carbons (Fsp3) is 0.357. The molecule has 1 heterocycles. The molecule has 1 aromatic carbocycles. The van der Waals surface area contributed by atoms with E-state index in [9.17, 15) is 9.50 Å². The second-order valence-corrected chi connectivity index (χ2v) is 4.66. The maximum Gasteiger partial charge on any atom is 0.126 e. The van der Waals surface area contributed by atoms with Crippen molar-refractivity contribution in [3.05, 3.63) is 53.6 Å². The zero-order chi connectivity index (χ0) is 13.1. The van der Waals surface area contributed by atoms with Crippen molar-refractivity contribution in [1.29, 1.82) is 0 Å². The molecule has 1 N–H and O–H groups in total. The topological polar surface area (TPSA) is 38.0 Å². The summed E-state index contributed by atoms with van der Waals surface area (Å²) in [5.41, 5.74) is 1.23. The van der Waals surface area contributed by atoms with Gasteiger partial charge in [-0.3, -0.25) is 4.68 Å². The van der Waals surface area contributed by atoms with Crippen molar-refractivity contribution >= 4 is 0 Å². The molecule has 2 rings (SSSR count). The Morgan fingerprint density at radius 3 is 2.67 bits per heavy atom. The second kappa shape index (κ2) is 5.31. The smallest absolute Gasteiger partial charge is 0.126 e. The van der Waals surface area contributed by atoms with Crippen molar-refractivity contribution in [2.24, 2.45) is 0 Å². The van der Waals surface area contributed by atoms with Gasteiger partial charge in [0.2, 0.25) is 0 Å². The largest absolute Gasteiger partial charge is 0.388 e. The highest BCUT2D eigenvalue weighted by Crippen LogP contribution is 2.20. The Bertz CT molecular complexity index is 522. The fourth-order valence-electron chi connectivity index (χ4n) is 1.80. The van der Waals surface area contributed by atoms with Crippen LogP contribution in [-0.4, -0.2) is 14.9 Å². The molecule has 2 aromatic rings. The molecule has 0 saturated heterocycles. The number of halogens is 1. The molecule has 0 aliphatic carbocycles. The molecule has 96 valence electrons.